The molecule has 130 valence electrons. The molecule has 1 aliphatic rings. The van der Waals surface area contributed by atoms with Crippen molar-refractivity contribution in [1.29, 1.82) is 0 Å². The van der Waals surface area contributed by atoms with Gasteiger partial charge < -0.3 is 15.1 Å². The van der Waals surface area contributed by atoms with Crippen LogP contribution >= 0.6 is 11.6 Å². The highest BCUT2D eigenvalue weighted by molar-refractivity contribution is 6.31. The zero-order chi connectivity index (χ0) is 17.8. The van der Waals surface area contributed by atoms with Crippen LogP contribution in [-0.4, -0.2) is 58.3 Å². The van der Waals surface area contributed by atoms with Gasteiger partial charge in [0.15, 0.2) is 0 Å². The largest absolute Gasteiger partial charge is 0.342 e. The highest BCUT2D eigenvalue weighted by Crippen LogP contribution is 2.21. The van der Waals surface area contributed by atoms with Gasteiger partial charge in [0.25, 0.3) is 5.91 Å². The van der Waals surface area contributed by atoms with Crippen LogP contribution in [0.15, 0.2) is 30.5 Å². The van der Waals surface area contributed by atoms with E-state index in [2.05, 4.69) is 15.3 Å². The van der Waals surface area contributed by atoms with Crippen molar-refractivity contribution in [2.75, 3.05) is 31.5 Å². The minimum absolute atomic E-state index is 0.0229. The molecule has 0 radical (unpaired) electrons. The molecule has 1 N–H and O–H groups in total. The summed E-state index contributed by atoms with van der Waals surface area (Å²) in [6.07, 6.45) is 2.25. The van der Waals surface area contributed by atoms with Crippen LogP contribution < -0.4 is 5.32 Å². The van der Waals surface area contributed by atoms with Gasteiger partial charge in [-0.2, -0.15) is 0 Å². The molecule has 2 heterocycles. The molecule has 0 unspecified atom stereocenters. The van der Waals surface area contributed by atoms with Gasteiger partial charge in [-0.25, -0.2) is 14.4 Å². The quantitative estimate of drug-likeness (QED) is 0.840. The molecule has 0 bridgehead atoms. The Balaban J connectivity index is 1.71. The Morgan fingerprint density at radius 1 is 1.24 bits per heavy atom. The van der Waals surface area contributed by atoms with Gasteiger partial charge in [0, 0.05) is 38.1 Å². The van der Waals surface area contributed by atoms with Gasteiger partial charge in [-0.3, -0.25) is 9.59 Å². The van der Waals surface area contributed by atoms with E-state index in [4.69, 9.17) is 11.6 Å². The predicted molar refractivity (Wildman–Crippen MR) is 90.3 cm³/mol. The Kier molecular flexibility index (Phi) is 5.08. The topological polar surface area (TPSA) is 78.4 Å². The third-order valence-electron chi connectivity index (χ3n) is 3.80. The van der Waals surface area contributed by atoms with Crippen molar-refractivity contribution in [2.24, 2.45) is 0 Å². The number of hydrogen-bond donors (Lipinski definition) is 1. The van der Waals surface area contributed by atoms with Gasteiger partial charge in [-0.1, -0.05) is 11.6 Å². The van der Waals surface area contributed by atoms with E-state index in [9.17, 15) is 14.0 Å². The molecule has 0 atom stereocenters. The van der Waals surface area contributed by atoms with E-state index < -0.39 is 5.82 Å². The lowest BCUT2D eigenvalue weighted by molar-refractivity contribution is -0.119. The van der Waals surface area contributed by atoms with Gasteiger partial charge in [0.1, 0.15) is 11.5 Å². The molecule has 1 aromatic carbocycles. The maximum atomic E-state index is 13.2. The lowest BCUT2D eigenvalue weighted by Gasteiger charge is -2.32. The van der Waals surface area contributed by atoms with Crippen molar-refractivity contribution < 1.29 is 14.0 Å². The molecule has 1 aliphatic heterocycles. The number of anilines is 2. The first-order valence-electron chi connectivity index (χ1n) is 7.60. The minimum Gasteiger partial charge on any atom is -0.342 e. The van der Waals surface area contributed by atoms with Crippen molar-refractivity contribution >= 4 is 35.6 Å². The second kappa shape index (κ2) is 7.43. The number of carbonyl (C=O) groups excluding carboxylic acids is 2. The number of piperazine rings is 1. The average molecular weight is 364 g/mol. The van der Waals surface area contributed by atoms with Crippen molar-refractivity contribution in [1.82, 2.24) is 19.8 Å². The second-order valence-corrected chi connectivity index (χ2v) is 5.86. The monoisotopic (exact) mass is 363 g/mol. The van der Waals surface area contributed by atoms with Gasteiger partial charge >= 0.3 is 0 Å². The summed E-state index contributed by atoms with van der Waals surface area (Å²) in [5, 5.41) is 2.86. The van der Waals surface area contributed by atoms with E-state index in [-0.39, 0.29) is 22.6 Å². The van der Waals surface area contributed by atoms with E-state index in [1.54, 1.807) is 9.80 Å². The Morgan fingerprint density at radius 3 is 2.68 bits per heavy atom. The Hall–Kier alpha value is -2.74. The number of nitrogens with zero attached hydrogens (tertiary/aromatic N) is 4. The van der Waals surface area contributed by atoms with E-state index >= 15 is 0 Å². The zero-order valence-electron chi connectivity index (χ0n) is 13.2. The third kappa shape index (κ3) is 4.03. The summed E-state index contributed by atoms with van der Waals surface area (Å²) in [7, 11) is 0. The predicted octanol–water partition coefficient (Wildman–Crippen LogP) is 1.93. The van der Waals surface area contributed by atoms with Gasteiger partial charge in [0.2, 0.25) is 12.4 Å². The molecule has 25 heavy (non-hydrogen) atoms. The fourth-order valence-electron chi connectivity index (χ4n) is 2.43. The Bertz CT molecular complexity index is 796. The molecule has 1 saturated heterocycles. The van der Waals surface area contributed by atoms with Crippen LogP contribution in [0.25, 0.3) is 0 Å². The summed E-state index contributed by atoms with van der Waals surface area (Å²) in [5.41, 5.74) is 0.751. The SMILES string of the molecule is O=CN1CCN(C(=O)c2ccnc(Nc3ccc(F)c(Cl)c3)n2)CC1. The third-order valence-corrected chi connectivity index (χ3v) is 4.09. The van der Waals surface area contributed by atoms with E-state index in [0.717, 1.165) is 6.41 Å². The van der Waals surface area contributed by atoms with E-state index in [1.165, 1.54) is 30.5 Å². The van der Waals surface area contributed by atoms with E-state index in [0.29, 0.717) is 31.9 Å². The smallest absolute Gasteiger partial charge is 0.272 e. The second-order valence-electron chi connectivity index (χ2n) is 5.45. The summed E-state index contributed by atoms with van der Waals surface area (Å²) < 4.78 is 13.2. The van der Waals surface area contributed by atoms with Crippen LogP contribution in [0.5, 0.6) is 0 Å². The fourth-order valence-corrected chi connectivity index (χ4v) is 2.61. The summed E-state index contributed by atoms with van der Waals surface area (Å²) in [5.74, 6) is -0.542. The number of halogens is 2. The van der Waals surface area contributed by atoms with Crippen LogP contribution in [-0.2, 0) is 4.79 Å². The van der Waals surface area contributed by atoms with Gasteiger partial charge in [0.05, 0.1) is 5.02 Å². The molecule has 3 rings (SSSR count). The Labute approximate surface area is 148 Å². The van der Waals surface area contributed by atoms with Crippen LogP contribution in [0, 0.1) is 5.82 Å². The van der Waals surface area contributed by atoms with Crippen molar-refractivity contribution in [3.8, 4) is 0 Å². The van der Waals surface area contributed by atoms with Gasteiger partial charge in [-0.05, 0) is 24.3 Å². The summed E-state index contributed by atoms with van der Waals surface area (Å²) in [6, 6.07) is 5.66. The lowest BCUT2D eigenvalue weighted by Crippen LogP contribution is -2.48. The summed E-state index contributed by atoms with van der Waals surface area (Å²) in [6.45, 7) is 1.91. The average Bonchev–Trinajstić information content (AvgIpc) is 2.64. The van der Waals surface area contributed by atoms with Crippen LogP contribution in [0.3, 0.4) is 0 Å². The molecule has 7 nitrogen and oxygen atoms in total. The standard InChI is InChI=1S/C16H15ClFN5O2/c17-12-9-11(1-2-13(12)18)20-16-19-4-3-14(21-16)15(25)23-7-5-22(10-24)6-8-23/h1-4,9-10H,5-8H2,(H,19,20,21). The highest BCUT2D eigenvalue weighted by atomic mass is 35.5. The molecule has 1 aromatic heterocycles. The van der Waals surface area contributed by atoms with Crippen LogP contribution in [0.1, 0.15) is 10.5 Å². The van der Waals surface area contributed by atoms with Crippen molar-refractivity contribution in [2.45, 2.75) is 0 Å². The molecule has 0 saturated carbocycles. The zero-order valence-corrected chi connectivity index (χ0v) is 13.9. The lowest BCUT2D eigenvalue weighted by atomic mass is 10.3. The van der Waals surface area contributed by atoms with Gasteiger partial charge in [-0.15, -0.1) is 0 Å². The molecular weight excluding hydrogens is 349 g/mol. The number of hydrogen-bond acceptors (Lipinski definition) is 5. The van der Waals surface area contributed by atoms with Crippen molar-refractivity contribution in [3.05, 3.63) is 47.0 Å². The molecule has 2 amide bonds. The number of carbonyl (C=O) groups is 2. The fraction of sp³-hybridized carbons (Fsp3) is 0.250. The number of rotatable bonds is 4. The molecule has 0 aliphatic carbocycles. The summed E-state index contributed by atoms with van der Waals surface area (Å²) in [4.78, 5) is 34.8. The summed E-state index contributed by atoms with van der Waals surface area (Å²) >= 11 is 5.74. The number of nitrogens with one attached hydrogen (secondary N) is 1. The van der Waals surface area contributed by atoms with Crippen LogP contribution in [0.4, 0.5) is 16.0 Å². The maximum Gasteiger partial charge on any atom is 0.272 e. The molecule has 2 aromatic rings. The molecule has 9 heteroatoms. The number of amides is 2. The van der Waals surface area contributed by atoms with Crippen LogP contribution in [0.2, 0.25) is 5.02 Å². The molecule has 1 fully saturated rings. The molecular formula is C16H15ClFN5O2. The first-order chi connectivity index (χ1) is 12.1. The Morgan fingerprint density at radius 2 is 2.00 bits per heavy atom. The number of benzene rings is 1. The van der Waals surface area contributed by atoms with E-state index in [1.807, 2.05) is 0 Å². The highest BCUT2D eigenvalue weighted by Gasteiger charge is 2.22. The van der Waals surface area contributed by atoms with Crippen molar-refractivity contribution in [3.63, 3.8) is 0 Å². The molecule has 0 spiro atoms. The number of aromatic nitrogens is 2. The first-order valence-corrected chi connectivity index (χ1v) is 7.98. The normalized spacial score (nSPS) is 14.3. The maximum absolute atomic E-state index is 13.2. The first kappa shape index (κ1) is 17.1. The minimum atomic E-state index is -0.522.